The first-order valence-corrected chi connectivity index (χ1v) is 7.24. The number of allylic oxidation sites excluding steroid dienone is 2. The van der Waals surface area contributed by atoms with E-state index >= 15 is 0 Å². The number of hydrogen-bond donors (Lipinski definition) is 2. The molecule has 1 heterocycles. The minimum atomic E-state index is -0.877. The Morgan fingerprint density at radius 2 is 2.04 bits per heavy atom. The summed E-state index contributed by atoms with van der Waals surface area (Å²) in [5.74, 6) is -0.542. The second-order valence-corrected chi connectivity index (χ2v) is 4.73. The maximum atomic E-state index is 12.3. The Bertz CT molecular complexity index is 669. The summed E-state index contributed by atoms with van der Waals surface area (Å²) < 4.78 is 4.95. The molecule has 1 unspecified atom stereocenters. The summed E-state index contributed by atoms with van der Waals surface area (Å²) in [7, 11) is 0. The van der Waals surface area contributed by atoms with Crippen LogP contribution in [0, 0.1) is 5.41 Å². The van der Waals surface area contributed by atoms with E-state index in [1.54, 1.807) is 49.4 Å². The van der Waals surface area contributed by atoms with Gasteiger partial charge in [-0.15, -0.1) is 0 Å². The minimum Gasteiger partial charge on any atom is -0.464 e. The van der Waals surface area contributed by atoms with Gasteiger partial charge < -0.3 is 15.3 Å². The zero-order valence-electron chi connectivity index (χ0n) is 13.1. The fourth-order valence-corrected chi connectivity index (χ4v) is 1.98. The van der Waals surface area contributed by atoms with E-state index in [0.29, 0.717) is 11.4 Å². The molecule has 0 spiro atoms. The van der Waals surface area contributed by atoms with E-state index < -0.39 is 18.1 Å². The average Bonchev–Trinajstić information content (AvgIpc) is 2.58. The summed E-state index contributed by atoms with van der Waals surface area (Å²) in [6.45, 7) is 1.90. The van der Waals surface area contributed by atoms with Crippen LogP contribution in [0.25, 0.3) is 0 Å². The standard InChI is InChI=1S/C16H18N4O4/c1-2-23-15(21)14-5-3-4-10-20(14)24-16(22)19(11-17)13-8-6-12(18)7-9-13/h3-11,14,17H,2,18H2,1H3. The van der Waals surface area contributed by atoms with Crippen LogP contribution < -0.4 is 10.6 Å². The molecular formula is C16H18N4O4. The average molecular weight is 330 g/mol. The van der Waals surface area contributed by atoms with Gasteiger partial charge in [-0.3, -0.25) is 5.41 Å². The number of anilines is 2. The second kappa shape index (κ2) is 7.82. The largest absolute Gasteiger partial charge is 0.464 e. The van der Waals surface area contributed by atoms with Crippen molar-refractivity contribution in [3.8, 4) is 0 Å². The summed E-state index contributed by atoms with van der Waals surface area (Å²) in [4.78, 5) is 30.4. The minimum absolute atomic E-state index is 0.215. The summed E-state index contributed by atoms with van der Waals surface area (Å²) >= 11 is 0. The molecule has 3 N–H and O–H groups in total. The molecule has 0 aromatic heterocycles. The molecule has 0 radical (unpaired) electrons. The summed E-state index contributed by atoms with van der Waals surface area (Å²) in [6, 6.07) is 5.49. The van der Waals surface area contributed by atoms with Crippen molar-refractivity contribution in [3.05, 3.63) is 48.7 Å². The molecule has 0 bridgehead atoms. The highest BCUT2D eigenvalue weighted by Gasteiger charge is 2.29. The lowest BCUT2D eigenvalue weighted by molar-refractivity contribution is -0.159. The molecule has 8 heteroatoms. The molecule has 0 fully saturated rings. The van der Waals surface area contributed by atoms with Crippen LogP contribution in [0.3, 0.4) is 0 Å². The molecule has 0 saturated heterocycles. The summed E-state index contributed by atoms with van der Waals surface area (Å²) in [5.41, 5.74) is 6.55. The lowest BCUT2D eigenvalue weighted by Crippen LogP contribution is -2.43. The summed E-state index contributed by atoms with van der Waals surface area (Å²) in [5, 5.41) is 8.50. The third kappa shape index (κ3) is 3.92. The van der Waals surface area contributed by atoms with Gasteiger partial charge in [-0.2, -0.15) is 5.06 Å². The molecule has 0 saturated carbocycles. The predicted molar refractivity (Wildman–Crippen MR) is 89.1 cm³/mol. The SMILES string of the molecule is CCOC(=O)C1C=CC=CN1OC(=O)N(C=N)c1ccc(N)cc1. The Morgan fingerprint density at radius 1 is 1.33 bits per heavy atom. The van der Waals surface area contributed by atoms with Crippen LogP contribution in [-0.2, 0) is 14.4 Å². The number of nitrogen functional groups attached to an aromatic ring is 1. The van der Waals surface area contributed by atoms with Gasteiger partial charge in [0, 0.05) is 11.9 Å². The van der Waals surface area contributed by atoms with Crippen molar-refractivity contribution in [2.45, 2.75) is 13.0 Å². The van der Waals surface area contributed by atoms with E-state index in [1.165, 1.54) is 6.20 Å². The third-order valence-corrected chi connectivity index (χ3v) is 3.12. The van der Waals surface area contributed by atoms with E-state index in [4.69, 9.17) is 20.7 Å². The van der Waals surface area contributed by atoms with Gasteiger partial charge in [0.25, 0.3) is 0 Å². The first kappa shape index (κ1) is 17.1. The zero-order valence-corrected chi connectivity index (χ0v) is 13.1. The van der Waals surface area contributed by atoms with E-state index in [0.717, 1.165) is 16.3 Å². The number of amides is 1. The van der Waals surface area contributed by atoms with Gasteiger partial charge in [-0.05, 0) is 43.3 Å². The maximum Gasteiger partial charge on any atom is 0.444 e. The van der Waals surface area contributed by atoms with E-state index in [1.807, 2.05) is 0 Å². The molecule has 2 rings (SSSR count). The number of ether oxygens (including phenoxy) is 1. The number of benzene rings is 1. The quantitative estimate of drug-likeness (QED) is 0.370. The Balaban J connectivity index is 2.12. The lowest BCUT2D eigenvalue weighted by Gasteiger charge is -2.28. The van der Waals surface area contributed by atoms with Crippen LogP contribution in [0.1, 0.15) is 6.92 Å². The normalized spacial score (nSPS) is 15.7. The van der Waals surface area contributed by atoms with Gasteiger partial charge in [-0.25, -0.2) is 14.5 Å². The topological polar surface area (TPSA) is 109 Å². The van der Waals surface area contributed by atoms with Crippen LogP contribution in [0.15, 0.2) is 48.7 Å². The molecule has 24 heavy (non-hydrogen) atoms. The number of nitrogens with one attached hydrogen (secondary N) is 1. The van der Waals surface area contributed by atoms with Crippen molar-refractivity contribution in [3.63, 3.8) is 0 Å². The Kier molecular flexibility index (Phi) is 5.56. The highest BCUT2D eigenvalue weighted by atomic mass is 16.7. The van der Waals surface area contributed by atoms with Gasteiger partial charge >= 0.3 is 12.1 Å². The fraction of sp³-hybridized carbons (Fsp3) is 0.188. The van der Waals surface area contributed by atoms with Gasteiger partial charge in [0.05, 0.1) is 18.6 Å². The molecule has 1 atom stereocenters. The van der Waals surface area contributed by atoms with E-state index in [9.17, 15) is 9.59 Å². The van der Waals surface area contributed by atoms with Gasteiger partial charge in [0.15, 0.2) is 6.04 Å². The second-order valence-electron chi connectivity index (χ2n) is 4.73. The van der Waals surface area contributed by atoms with Gasteiger partial charge in [-0.1, -0.05) is 6.08 Å². The summed E-state index contributed by atoms with van der Waals surface area (Å²) in [6.07, 6.45) is 6.22. The van der Waals surface area contributed by atoms with Crippen molar-refractivity contribution in [1.29, 1.82) is 5.41 Å². The van der Waals surface area contributed by atoms with Crippen LogP contribution in [0.5, 0.6) is 0 Å². The number of hydroxylamine groups is 2. The number of carbonyl (C=O) groups is 2. The Morgan fingerprint density at radius 3 is 2.67 bits per heavy atom. The lowest BCUT2D eigenvalue weighted by atomic mass is 10.2. The van der Waals surface area contributed by atoms with Crippen LogP contribution in [0.4, 0.5) is 16.2 Å². The number of carbonyl (C=O) groups excluding carboxylic acids is 2. The molecular weight excluding hydrogens is 312 g/mol. The Hall–Kier alpha value is -3.29. The van der Waals surface area contributed by atoms with Crippen molar-refractivity contribution >= 4 is 29.8 Å². The Labute approximate surface area is 139 Å². The first-order valence-electron chi connectivity index (χ1n) is 7.24. The number of esters is 1. The maximum absolute atomic E-state index is 12.3. The molecule has 1 amide bonds. The monoisotopic (exact) mass is 330 g/mol. The zero-order chi connectivity index (χ0) is 17.5. The number of hydrogen-bond acceptors (Lipinski definition) is 7. The predicted octanol–water partition coefficient (Wildman–Crippen LogP) is 2.05. The van der Waals surface area contributed by atoms with Crippen molar-refractivity contribution < 1.29 is 19.2 Å². The molecule has 0 aliphatic carbocycles. The van der Waals surface area contributed by atoms with Crippen LogP contribution in [0.2, 0.25) is 0 Å². The van der Waals surface area contributed by atoms with Crippen LogP contribution in [-0.4, -0.2) is 36.1 Å². The van der Waals surface area contributed by atoms with E-state index in [2.05, 4.69) is 0 Å². The number of rotatable bonds is 5. The first-order chi connectivity index (χ1) is 11.6. The number of nitrogens with two attached hydrogens (primary N) is 1. The van der Waals surface area contributed by atoms with Crippen molar-refractivity contribution in [2.75, 3.05) is 17.2 Å². The van der Waals surface area contributed by atoms with E-state index in [-0.39, 0.29) is 6.61 Å². The molecule has 1 aromatic carbocycles. The molecule has 1 aliphatic rings. The van der Waals surface area contributed by atoms with Gasteiger partial charge in [0.2, 0.25) is 0 Å². The third-order valence-electron chi connectivity index (χ3n) is 3.12. The number of nitrogens with zero attached hydrogens (tertiary/aromatic N) is 2. The van der Waals surface area contributed by atoms with Crippen molar-refractivity contribution in [1.82, 2.24) is 5.06 Å². The highest BCUT2D eigenvalue weighted by Crippen LogP contribution is 2.18. The molecule has 1 aromatic rings. The fourth-order valence-electron chi connectivity index (χ4n) is 1.98. The molecule has 126 valence electrons. The van der Waals surface area contributed by atoms with Crippen molar-refractivity contribution in [2.24, 2.45) is 0 Å². The smallest absolute Gasteiger partial charge is 0.444 e. The van der Waals surface area contributed by atoms with Gasteiger partial charge in [0.1, 0.15) is 0 Å². The molecule has 1 aliphatic heterocycles. The van der Waals surface area contributed by atoms with Crippen LogP contribution >= 0.6 is 0 Å². The molecule has 8 nitrogen and oxygen atoms in total. The highest BCUT2D eigenvalue weighted by molar-refractivity contribution is 6.04.